The van der Waals surface area contributed by atoms with E-state index in [1.807, 2.05) is 0 Å². The van der Waals surface area contributed by atoms with Crippen molar-refractivity contribution in [2.45, 2.75) is 13.0 Å². The van der Waals surface area contributed by atoms with Crippen molar-refractivity contribution in [1.29, 1.82) is 5.26 Å². The topological polar surface area (TPSA) is 74.3 Å². The number of hydrogen-bond acceptors (Lipinski definition) is 7. The number of ether oxygens (including phenoxy) is 1. The minimum Gasteiger partial charge on any atom is -0.424 e. The number of nitrogens with zero attached hydrogens (tertiary/aromatic N) is 3. The van der Waals surface area contributed by atoms with E-state index in [2.05, 4.69) is 38.8 Å². The quantitative estimate of drug-likeness (QED) is 0.912. The fraction of sp³-hybridized carbons (Fsp3) is 0.467. The maximum atomic E-state index is 9.09. The minimum atomic E-state index is 0.237. The molecule has 22 heavy (non-hydrogen) atoms. The van der Waals surface area contributed by atoms with Crippen molar-refractivity contribution >= 4 is 17.2 Å². The Bertz CT molecular complexity index is 641. The van der Waals surface area contributed by atoms with E-state index in [-0.39, 0.29) is 6.04 Å². The molecule has 6 nitrogen and oxygen atoms in total. The largest absolute Gasteiger partial charge is 0.424 e. The molecule has 0 aromatic carbocycles. The van der Waals surface area contributed by atoms with Crippen LogP contribution in [0, 0.1) is 18.3 Å². The Hall–Kier alpha value is -1.88. The summed E-state index contributed by atoms with van der Waals surface area (Å²) in [7, 11) is 0. The molecule has 0 bridgehead atoms. The lowest BCUT2D eigenvalue weighted by molar-refractivity contribution is 0.0193. The molecular formula is C15H18N4O2S. The number of anilines is 1. The van der Waals surface area contributed by atoms with Gasteiger partial charge in [-0.15, -0.1) is 11.3 Å². The average molecular weight is 318 g/mol. The van der Waals surface area contributed by atoms with Gasteiger partial charge in [-0.05, 0) is 11.4 Å². The maximum absolute atomic E-state index is 9.09. The van der Waals surface area contributed by atoms with Gasteiger partial charge >= 0.3 is 0 Å². The molecule has 116 valence electrons. The lowest BCUT2D eigenvalue weighted by Gasteiger charge is -2.34. The molecule has 1 N–H and O–H groups in total. The van der Waals surface area contributed by atoms with Gasteiger partial charge in [0.05, 0.1) is 19.3 Å². The van der Waals surface area contributed by atoms with E-state index < -0.39 is 0 Å². The third kappa shape index (κ3) is 3.30. The van der Waals surface area contributed by atoms with Crippen LogP contribution in [-0.2, 0) is 4.74 Å². The number of oxazole rings is 1. The van der Waals surface area contributed by atoms with Gasteiger partial charge < -0.3 is 14.5 Å². The van der Waals surface area contributed by atoms with Crippen LogP contribution in [-0.4, -0.2) is 42.7 Å². The van der Waals surface area contributed by atoms with Crippen molar-refractivity contribution in [3.05, 3.63) is 34.0 Å². The van der Waals surface area contributed by atoms with Crippen molar-refractivity contribution in [3.63, 3.8) is 0 Å². The van der Waals surface area contributed by atoms with Gasteiger partial charge in [-0.2, -0.15) is 5.26 Å². The van der Waals surface area contributed by atoms with Gasteiger partial charge in [0.25, 0.3) is 0 Å². The number of nitrogens with one attached hydrogen (secondary N) is 1. The molecular weight excluding hydrogens is 300 g/mol. The molecule has 3 rings (SSSR count). The summed E-state index contributed by atoms with van der Waals surface area (Å²) in [5.41, 5.74) is 0.310. The van der Waals surface area contributed by atoms with Crippen LogP contribution in [0.2, 0.25) is 0 Å². The Balaban J connectivity index is 1.74. The first-order valence-electron chi connectivity index (χ1n) is 7.24. The second-order valence-corrected chi connectivity index (χ2v) is 6.06. The molecule has 1 fully saturated rings. The number of aryl methyl sites for hydroxylation is 1. The Morgan fingerprint density at radius 1 is 1.50 bits per heavy atom. The first-order chi connectivity index (χ1) is 10.8. The highest BCUT2D eigenvalue weighted by Crippen LogP contribution is 2.27. The van der Waals surface area contributed by atoms with Crippen molar-refractivity contribution < 1.29 is 9.15 Å². The molecule has 1 aliphatic heterocycles. The molecule has 0 aliphatic carbocycles. The third-order valence-electron chi connectivity index (χ3n) is 3.65. The summed E-state index contributed by atoms with van der Waals surface area (Å²) in [6.07, 6.45) is 0. The smallest absolute Gasteiger partial charge is 0.232 e. The summed E-state index contributed by atoms with van der Waals surface area (Å²) in [6.45, 7) is 5.74. The zero-order chi connectivity index (χ0) is 15.4. The van der Waals surface area contributed by atoms with Gasteiger partial charge in [0, 0.05) is 31.4 Å². The van der Waals surface area contributed by atoms with E-state index in [1.165, 1.54) is 4.88 Å². The number of rotatable bonds is 5. The molecule has 2 aromatic heterocycles. The van der Waals surface area contributed by atoms with Gasteiger partial charge in [0.2, 0.25) is 11.6 Å². The zero-order valence-corrected chi connectivity index (χ0v) is 13.2. The molecule has 0 spiro atoms. The summed E-state index contributed by atoms with van der Waals surface area (Å²) >= 11 is 1.74. The minimum absolute atomic E-state index is 0.237. The van der Waals surface area contributed by atoms with Crippen LogP contribution in [0.5, 0.6) is 0 Å². The van der Waals surface area contributed by atoms with E-state index in [0.29, 0.717) is 24.0 Å². The van der Waals surface area contributed by atoms with Crippen LogP contribution >= 0.6 is 11.3 Å². The van der Waals surface area contributed by atoms with E-state index in [0.717, 1.165) is 26.3 Å². The van der Waals surface area contributed by atoms with Gasteiger partial charge in [0.15, 0.2) is 5.89 Å². The molecule has 0 amide bonds. The van der Waals surface area contributed by atoms with E-state index in [4.69, 9.17) is 14.4 Å². The molecule has 1 atom stereocenters. The number of morpholine rings is 1. The number of nitriles is 1. The van der Waals surface area contributed by atoms with E-state index in [1.54, 1.807) is 18.3 Å². The molecule has 0 radical (unpaired) electrons. The summed E-state index contributed by atoms with van der Waals surface area (Å²) in [5.74, 6) is 0.952. The molecule has 0 unspecified atom stereocenters. The number of aromatic nitrogens is 1. The van der Waals surface area contributed by atoms with Crippen LogP contribution in [0.4, 0.5) is 5.88 Å². The summed E-state index contributed by atoms with van der Waals surface area (Å²) in [6, 6.07) is 6.50. The van der Waals surface area contributed by atoms with Crippen molar-refractivity contribution in [1.82, 2.24) is 9.88 Å². The standard InChI is InChI=1S/C15H18N4O2S/c1-11-18-12(9-16)15(21-11)17-10-13(14-3-2-8-22-14)19-4-6-20-7-5-19/h2-3,8,13,17H,4-7,10H2,1H3/t13-/m0/s1. The molecule has 2 aromatic rings. The highest BCUT2D eigenvalue weighted by molar-refractivity contribution is 7.10. The predicted octanol–water partition coefficient (Wildman–Crippen LogP) is 2.40. The van der Waals surface area contributed by atoms with Gasteiger partial charge in [-0.25, -0.2) is 4.98 Å². The molecule has 1 aliphatic rings. The SMILES string of the molecule is Cc1nc(C#N)c(NC[C@@H](c2cccs2)N2CCOCC2)o1. The van der Waals surface area contributed by atoms with E-state index in [9.17, 15) is 0 Å². The van der Waals surface area contributed by atoms with Crippen LogP contribution in [0.25, 0.3) is 0 Å². The zero-order valence-electron chi connectivity index (χ0n) is 12.4. The number of hydrogen-bond donors (Lipinski definition) is 1. The van der Waals surface area contributed by atoms with Crippen molar-refractivity contribution in [2.24, 2.45) is 0 Å². The second kappa shape index (κ2) is 6.92. The highest BCUT2D eigenvalue weighted by atomic mass is 32.1. The van der Waals surface area contributed by atoms with Crippen LogP contribution in [0.3, 0.4) is 0 Å². The summed E-state index contributed by atoms with van der Waals surface area (Å²) in [5, 5.41) is 14.4. The Kier molecular flexibility index (Phi) is 4.73. The Morgan fingerprint density at radius 3 is 3.00 bits per heavy atom. The first-order valence-corrected chi connectivity index (χ1v) is 8.12. The Morgan fingerprint density at radius 2 is 2.32 bits per heavy atom. The lowest BCUT2D eigenvalue weighted by atomic mass is 10.2. The van der Waals surface area contributed by atoms with Crippen LogP contribution in [0.15, 0.2) is 21.9 Å². The molecule has 7 heteroatoms. The normalized spacial score (nSPS) is 17.1. The molecule has 3 heterocycles. The number of thiophene rings is 1. The second-order valence-electron chi connectivity index (χ2n) is 5.08. The van der Waals surface area contributed by atoms with Gasteiger partial charge in [0.1, 0.15) is 6.07 Å². The summed E-state index contributed by atoms with van der Waals surface area (Å²) < 4.78 is 10.9. The lowest BCUT2D eigenvalue weighted by Crippen LogP contribution is -2.41. The Labute approximate surface area is 133 Å². The van der Waals surface area contributed by atoms with Crippen molar-refractivity contribution in [2.75, 3.05) is 38.2 Å². The van der Waals surface area contributed by atoms with Gasteiger partial charge in [-0.1, -0.05) is 6.07 Å². The van der Waals surface area contributed by atoms with E-state index >= 15 is 0 Å². The third-order valence-corrected chi connectivity index (χ3v) is 4.63. The molecule has 0 saturated carbocycles. The van der Waals surface area contributed by atoms with Crippen molar-refractivity contribution in [3.8, 4) is 6.07 Å². The summed E-state index contributed by atoms with van der Waals surface area (Å²) in [4.78, 5) is 7.76. The molecule has 1 saturated heterocycles. The maximum Gasteiger partial charge on any atom is 0.232 e. The predicted molar refractivity (Wildman–Crippen MR) is 83.9 cm³/mol. The average Bonchev–Trinajstić information content (AvgIpc) is 3.18. The highest BCUT2D eigenvalue weighted by Gasteiger charge is 2.24. The fourth-order valence-electron chi connectivity index (χ4n) is 2.59. The fourth-order valence-corrected chi connectivity index (χ4v) is 3.45. The first kappa shape index (κ1) is 15.0. The van der Waals surface area contributed by atoms with Crippen LogP contribution in [0.1, 0.15) is 22.5 Å². The monoisotopic (exact) mass is 318 g/mol. The van der Waals surface area contributed by atoms with Gasteiger partial charge in [-0.3, -0.25) is 4.90 Å². The van der Waals surface area contributed by atoms with Crippen LogP contribution < -0.4 is 5.32 Å².